The summed E-state index contributed by atoms with van der Waals surface area (Å²) in [5.74, 6) is -0.833. The molecule has 0 aliphatic heterocycles. The zero-order valence-electron chi connectivity index (χ0n) is 15.7. The van der Waals surface area contributed by atoms with E-state index in [1.165, 1.54) is 16.7 Å². The molecular formula is C23H25BiO2. The van der Waals surface area contributed by atoms with E-state index in [0.29, 0.717) is 0 Å². The van der Waals surface area contributed by atoms with Crippen molar-refractivity contribution in [3.05, 3.63) is 89.5 Å². The first-order valence-corrected chi connectivity index (χ1v) is 13.8. The van der Waals surface area contributed by atoms with Crippen molar-refractivity contribution in [2.45, 2.75) is 27.7 Å². The van der Waals surface area contributed by atoms with E-state index in [1.807, 2.05) is 0 Å². The number of benzene rings is 3. The van der Waals surface area contributed by atoms with Gasteiger partial charge in [0.2, 0.25) is 0 Å². The molecule has 0 radical (unpaired) electrons. The molecule has 0 aliphatic rings. The van der Waals surface area contributed by atoms with Gasteiger partial charge in [0.05, 0.1) is 0 Å². The average molecular weight is 542 g/mol. The van der Waals surface area contributed by atoms with Gasteiger partial charge >= 0.3 is 142 Å². The number of aryl methyl sites for hydroxylation is 3. The summed E-state index contributed by atoms with van der Waals surface area (Å²) < 4.78 is 4.65. The molecule has 0 unspecified atom stereocenters. The third kappa shape index (κ3) is 6.07. The summed E-state index contributed by atoms with van der Waals surface area (Å²) in [5.41, 5.74) is 4.00. The van der Waals surface area contributed by atoms with Crippen LogP contribution in [0, 0.1) is 20.8 Å². The standard InChI is InChI=1S/3C7H7.C2H4O2.Bi/c3*1-7-5-3-2-4-6-7;1-2(3)4;/h3*3-6H,1H3;1H3,(H,3,4);. The fourth-order valence-corrected chi connectivity index (χ4v) is 11.2. The van der Waals surface area contributed by atoms with Gasteiger partial charge in [-0.15, -0.1) is 0 Å². The molecule has 0 aromatic heterocycles. The SMILES string of the molecule is CC(=O)O.Cc1cc[c]([Bi]([c]2ccc(C)cc2)[c]2ccc(C)cc2)cc1. The summed E-state index contributed by atoms with van der Waals surface area (Å²) in [6.45, 7) is 7.56. The number of carboxylic acids is 1. The Bertz CT molecular complexity index is 723. The molecule has 0 bridgehead atoms. The first kappa shape index (κ1) is 20.3. The van der Waals surface area contributed by atoms with E-state index in [9.17, 15) is 0 Å². The quantitative estimate of drug-likeness (QED) is 0.517. The minimum absolute atomic E-state index is 0.833. The molecule has 0 saturated heterocycles. The first-order chi connectivity index (χ1) is 12.4. The van der Waals surface area contributed by atoms with Crippen LogP contribution in [0.2, 0.25) is 0 Å². The third-order valence-corrected chi connectivity index (χ3v) is 13.4. The Morgan fingerprint density at radius 1 is 0.615 bits per heavy atom. The van der Waals surface area contributed by atoms with Crippen LogP contribution >= 0.6 is 0 Å². The second-order valence-corrected chi connectivity index (χ2v) is 15.0. The van der Waals surface area contributed by atoms with E-state index in [-0.39, 0.29) is 0 Å². The van der Waals surface area contributed by atoms with Crippen molar-refractivity contribution in [2.75, 3.05) is 0 Å². The van der Waals surface area contributed by atoms with Crippen molar-refractivity contribution in [1.82, 2.24) is 0 Å². The summed E-state index contributed by atoms with van der Waals surface area (Å²) in [4.78, 5) is 9.00. The maximum absolute atomic E-state index is 9.00. The summed E-state index contributed by atoms with van der Waals surface area (Å²) in [5, 5.41) is 7.42. The van der Waals surface area contributed by atoms with Crippen molar-refractivity contribution in [3.8, 4) is 0 Å². The molecule has 0 amide bonds. The van der Waals surface area contributed by atoms with Gasteiger partial charge in [0.1, 0.15) is 0 Å². The fourth-order valence-electron chi connectivity index (χ4n) is 2.53. The van der Waals surface area contributed by atoms with Crippen LogP contribution in [0.3, 0.4) is 0 Å². The molecule has 134 valence electrons. The van der Waals surface area contributed by atoms with Gasteiger partial charge in [-0.1, -0.05) is 0 Å². The van der Waals surface area contributed by atoms with E-state index in [1.54, 1.807) is 9.81 Å². The minimum atomic E-state index is -2.15. The molecule has 3 rings (SSSR count). The van der Waals surface area contributed by atoms with Crippen LogP contribution < -0.4 is 9.81 Å². The van der Waals surface area contributed by atoms with Crippen molar-refractivity contribution in [2.24, 2.45) is 0 Å². The number of hydrogen-bond donors (Lipinski definition) is 1. The average Bonchev–Trinajstić information content (AvgIpc) is 2.60. The van der Waals surface area contributed by atoms with E-state index >= 15 is 0 Å². The Labute approximate surface area is 164 Å². The van der Waals surface area contributed by atoms with Crippen LogP contribution in [0.25, 0.3) is 0 Å². The zero-order chi connectivity index (χ0) is 19.1. The zero-order valence-corrected chi connectivity index (χ0v) is 19.2. The summed E-state index contributed by atoms with van der Waals surface area (Å²) in [6, 6.07) is 27.5. The van der Waals surface area contributed by atoms with Crippen molar-refractivity contribution < 1.29 is 9.90 Å². The molecule has 0 spiro atoms. The van der Waals surface area contributed by atoms with E-state index < -0.39 is 27.7 Å². The number of hydrogen-bond acceptors (Lipinski definition) is 1. The van der Waals surface area contributed by atoms with Gasteiger partial charge in [0.25, 0.3) is 5.97 Å². The normalized spacial score (nSPS) is 10.2. The van der Waals surface area contributed by atoms with Crippen LogP contribution in [0.1, 0.15) is 23.6 Å². The van der Waals surface area contributed by atoms with Crippen LogP contribution in [-0.4, -0.2) is 32.8 Å². The molecule has 0 heterocycles. The Kier molecular flexibility index (Phi) is 7.54. The molecule has 3 aromatic rings. The van der Waals surface area contributed by atoms with Gasteiger partial charge in [-0.3, -0.25) is 4.79 Å². The van der Waals surface area contributed by atoms with E-state index in [0.717, 1.165) is 6.92 Å². The Balaban J connectivity index is 0.000000552. The molecule has 0 fully saturated rings. The second kappa shape index (κ2) is 9.64. The predicted molar refractivity (Wildman–Crippen MR) is 112 cm³/mol. The van der Waals surface area contributed by atoms with Crippen molar-refractivity contribution in [1.29, 1.82) is 0 Å². The number of carbonyl (C=O) groups is 1. The molecule has 3 heteroatoms. The molecule has 2 nitrogen and oxygen atoms in total. The predicted octanol–water partition coefficient (Wildman–Crippen LogP) is 3.22. The van der Waals surface area contributed by atoms with Crippen LogP contribution in [0.4, 0.5) is 0 Å². The number of rotatable bonds is 3. The van der Waals surface area contributed by atoms with Gasteiger partial charge in [-0.25, -0.2) is 0 Å². The molecule has 3 aromatic carbocycles. The van der Waals surface area contributed by atoms with Gasteiger partial charge in [0, 0.05) is 6.92 Å². The molecule has 1 N–H and O–H groups in total. The second-order valence-electron chi connectivity index (χ2n) is 6.36. The topological polar surface area (TPSA) is 37.3 Å². The molecule has 26 heavy (non-hydrogen) atoms. The number of aliphatic carboxylic acids is 1. The third-order valence-electron chi connectivity index (χ3n) is 3.88. The first-order valence-electron chi connectivity index (χ1n) is 8.56. The Morgan fingerprint density at radius 3 is 1.00 bits per heavy atom. The van der Waals surface area contributed by atoms with Crippen molar-refractivity contribution >= 4 is 37.5 Å². The van der Waals surface area contributed by atoms with Crippen molar-refractivity contribution in [3.63, 3.8) is 0 Å². The van der Waals surface area contributed by atoms with Crippen LogP contribution in [0.5, 0.6) is 0 Å². The van der Waals surface area contributed by atoms with Gasteiger partial charge < -0.3 is 5.11 Å². The summed E-state index contributed by atoms with van der Waals surface area (Å²) in [6.07, 6.45) is 0. The monoisotopic (exact) mass is 542 g/mol. The summed E-state index contributed by atoms with van der Waals surface area (Å²) in [7, 11) is 0. The van der Waals surface area contributed by atoms with Crippen LogP contribution in [0.15, 0.2) is 72.8 Å². The molecule has 0 saturated carbocycles. The van der Waals surface area contributed by atoms with E-state index in [2.05, 4.69) is 93.6 Å². The fraction of sp³-hybridized carbons (Fsp3) is 0.174. The van der Waals surface area contributed by atoms with Crippen LogP contribution in [-0.2, 0) is 4.79 Å². The van der Waals surface area contributed by atoms with E-state index in [4.69, 9.17) is 9.90 Å². The molecule has 0 aliphatic carbocycles. The molecule has 0 atom stereocenters. The molecular weight excluding hydrogens is 517 g/mol. The van der Waals surface area contributed by atoms with Gasteiger partial charge in [0.15, 0.2) is 0 Å². The maximum atomic E-state index is 9.00. The Morgan fingerprint density at radius 2 is 0.808 bits per heavy atom. The van der Waals surface area contributed by atoms with Gasteiger partial charge in [-0.05, 0) is 0 Å². The summed E-state index contributed by atoms with van der Waals surface area (Å²) >= 11 is -2.15. The Hall–Kier alpha value is -1.99. The van der Waals surface area contributed by atoms with Gasteiger partial charge in [-0.2, -0.15) is 0 Å². The number of carboxylic acid groups (broad SMARTS) is 1.